The maximum atomic E-state index is 4.97. The molecule has 11 aromatic carbocycles. The number of hydrogen-bond donors (Lipinski definition) is 0. The lowest BCUT2D eigenvalue weighted by molar-refractivity contribution is 0.662. The summed E-state index contributed by atoms with van der Waals surface area (Å²) in [6.07, 6.45) is 0. The van der Waals surface area contributed by atoms with E-state index in [1.807, 2.05) is 60.7 Å². The fourth-order valence-corrected chi connectivity index (χ4v) is 10.5. The van der Waals surface area contributed by atoms with E-state index in [0.29, 0.717) is 17.5 Å². The molecule has 12 aromatic rings. The third-order valence-electron chi connectivity index (χ3n) is 13.7. The van der Waals surface area contributed by atoms with E-state index in [2.05, 4.69) is 153 Å². The summed E-state index contributed by atoms with van der Waals surface area (Å²) in [4.78, 5) is 14.8. The summed E-state index contributed by atoms with van der Waals surface area (Å²) in [7, 11) is 0. The number of rotatable bonds is 4. The Bertz CT molecular complexity index is 3790. The van der Waals surface area contributed by atoms with Crippen LogP contribution >= 0.6 is 0 Å². The summed E-state index contributed by atoms with van der Waals surface area (Å²) in [6.45, 7) is 4.82. The number of hydrogen-bond acceptors (Lipinski definition) is 3. The first-order chi connectivity index (χ1) is 31.0. The molecular weight excluding hydrogens is 763 g/mol. The zero-order valence-electron chi connectivity index (χ0n) is 34.9. The molecule has 63 heavy (non-hydrogen) atoms. The smallest absolute Gasteiger partial charge is 0.164 e. The first kappa shape index (κ1) is 35.7. The number of nitrogens with zero attached hydrogens (tertiary/aromatic N) is 3. The average Bonchev–Trinajstić information content (AvgIpc) is 3.57. The monoisotopic (exact) mass is 801 g/mol. The molecule has 0 bridgehead atoms. The Morgan fingerprint density at radius 1 is 0.254 bits per heavy atom. The number of fused-ring (bicyclic) bond motifs is 15. The highest BCUT2D eigenvalue weighted by Gasteiger charge is 2.37. The van der Waals surface area contributed by atoms with Crippen molar-refractivity contribution >= 4 is 64.6 Å². The molecule has 0 N–H and O–H groups in total. The van der Waals surface area contributed by atoms with Crippen LogP contribution in [0.2, 0.25) is 0 Å². The minimum Gasteiger partial charge on any atom is -0.208 e. The Morgan fingerprint density at radius 2 is 0.556 bits per heavy atom. The molecule has 3 heteroatoms. The Labute approximate surface area is 365 Å². The van der Waals surface area contributed by atoms with Gasteiger partial charge in [-0.15, -0.1) is 0 Å². The Kier molecular flexibility index (Phi) is 7.65. The maximum absolute atomic E-state index is 4.97. The molecular formula is C60H39N3. The van der Waals surface area contributed by atoms with E-state index in [0.717, 1.165) is 22.3 Å². The fourth-order valence-electron chi connectivity index (χ4n) is 10.5. The van der Waals surface area contributed by atoms with E-state index in [-0.39, 0.29) is 5.41 Å². The van der Waals surface area contributed by atoms with Gasteiger partial charge < -0.3 is 0 Å². The van der Waals surface area contributed by atoms with Crippen LogP contribution in [0.5, 0.6) is 0 Å². The predicted molar refractivity (Wildman–Crippen MR) is 264 cm³/mol. The summed E-state index contributed by atoms with van der Waals surface area (Å²) in [5, 5.41) is 15.5. The van der Waals surface area contributed by atoms with Crippen molar-refractivity contribution in [2.75, 3.05) is 0 Å². The van der Waals surface area contributed by atoms with Crippen molar-refractivity contribution in [3.05, 3.63) is 211 Å². The Morgan fingerprint density at radius 3 is 0.984 bits per heavy atom. The first-order valence-electron chi connectivity index (χ1n) is 21.8. The molecule has 0 spiro atoms. The van der Waals surface area contributed by atoms with Gasteiger partial charge in [-0.3, -0.25) is 0 Å². The van der Waals surface area contributed by atoms with Gasteiger partial charge in [0.15, 0.2) is 17.5 Å². The van der Waals surface area contributed by atoms with Crippen molar-refractivity contribution in [3.8, 4) is 56.4 Å². The minimum absolute atomic E-state index is 0.179. The molecule has 0 unspecified atom stereocenters. The quantitative estimate of drug-likeness (QED) is 0.166. The lowest BCUT2D eigenvalue weighted by Crippen LogP contribution is -2.15. The van der Waals surface area contributed by atoms with Crippen LogP contribution in [0.15, 0.2) is 200 Å². The zero-order chi connectivity index (χ0) is 41.8. The number of aromatic nitrogens is 3. The van der Waals surface area contributed by atoms with E-state index < -0.39 is 0 Å². The van der Waals surface area contributed by atoms with Gasteiger partial charge in [0.2, 0.25) is 0 Å². The van der Waals surface area contributed by atoms with Crippen molar-refractivity contribution in [1.82, 2.24) is 15.0 Å². The van der Waals surface area contributed by atoms with Crippen LogP contribution < -0.4 is 0 Å². The molecule has 13 rings (SSSR count). The van der Waals surface area contributed by atoms with Gasteiger partial charge in [0.25, 0.3) is 0 Å². The zero-order valence-corrected chi connectivity index (χ0v) is 34.9. The molecule has 0 fully saturated rings. The summed E-state index contributed by atoms with van der Waals surface area (Å²) in [6, 6.07) is 72.6. The first-order valence-corrected chi connectivity index (χ1v) is 21.8. The topological polar surface area (TPSA) is 38.7 Å². The van der Waals surface area contributed by atoms with Crippen LogP contribution in [0.3, 0.4) is 0 Å². The molecule has 1 aliphatic rings. The largest absolute Gasteiger partial charge is 0.208 e. The highest BCUT2D eigenvalue weighted by atomic mass is 15.0. The molecule has 0 saturated heterocycles. The van der Waals surface area contributed by atoms with Gasteiger partial charge in [-0.1, -0.05) is 184 Å². The normalized spacial score (nSPS) is 13.0. The maximum Gasteiger partial charge on any atom is 0.164 e. The van der Waals surface area contributed by atoms with Gasteiger partial charge >= 0.3 is 0 Å². The van der Waals surface area contributed by atoms with Gasteiger partial charge in [-0.05, 0) is 128 Å². The van der Waals surface area contributed by atoms with Crippen LogP contribution in [0.25, 0.3) is 121 Å². The molecule has 294 valence electrons. The Hall–Kier alpha value is -8.01. The van der Waals surface area contributed by atoms with Gasteiger partial charge in [0, 0.05) is 22.1 Å². The lowest BCUT2D eigenvalue weighted by Gasteiger charge is -2.23. The van der Waals surface area contributed by atoms with Crippen molar-refractivity contribution < 1.29 is 0 Å². The molecule has 0 aliphatic heterocycles. The van der Waals surface area contributed by atoms with Crippen LogP contribution in [0.4, 0.5) is 0 Å². The van der Waals surface area contributed by atoms with E-state index in [9.17, 15) is 0 Å². The van der Waals surface area contributed by atoms with E-state index >= 15 is 0 Å². The highest BCUT2D eigenvalue weighted by molar-refractivity contribution is 6.28. The second-order valence-electron chi connectivity index (χ2n) is 17.5. The molecule has 1 aliphatic carbocycles. The van der Waals surface area contributed by atoms with Gasteiger partial charge in [-0.25, -0.2) is 15.0 Å². The predicted octanol–water partition coefficient (Wildman–Crippen LogP) is 15.8. The van der Waals surface area contributed by atoms with Crippen molar-refractivity contribution in [3.63, 3.8) is 0 Å². The molecule has 1 aromatic heterocycles. The van der Waals surface area contributed by atoms with E-state index in [1.165, 1.54) is 92.5 Å². The standard InChI is InChI=1S/C60H39N3/c1-60(2)55-34-51-44-22-12-10-20-42(44)41-19-9-11-21-43(41)49(51)32-53(55)54-33-50-46-24-14-13-23-45(46)48-31-40(29-30-47(48)52(50)35-56(54)60)36-25-27-39(28-26-36)59-62-57(37-15-5-3-6-16-37)61-58(63-59)38-17-7-4-8-18-38/h3-35H,1-2H3. The third kappa shape index (κ3) is 5.43. The number of benzene rings is 11. The van der Waals surface area contributed by atoms with Crippen LogP contribution in [-0.4, -0.2) is 15.0 Å². The minimum atomic E-state index is -0.179. The summed E-state index contributed by atoms with van der Waals surface area (Å²) >= 11 is 0. The SMILES string of the molecule is CC1(C)c2cc3c4ccccc4c4ccccc4c3cc2-c2cc3c4ccccc4c4cc(-c5ccc(-c6nc(-c7ccccc7)nc(-c7ccccc7)n6)cc5)ccc4c3cc21. The second kappa shape index (κ2) is 13.5. The van der Waals surface area contributed by atoms with Gasteiger partial charge in [0.1, 0.15) is 0 Å². The third-order valence-corrected chi connectivity index (χ3v) is 13.7. The van der Waals surface area contributed by atoms with Gasteiger partial charge in [0.05, 0.1) is 0 Å². The summed E-state index contributed by atoms with van der Waals surface area (Å²) in [5.41, 5.74) is 10.5. The summed E-state index contributed by atoms with van der Waals surface area (Å²) < 4.78 is 0. The second-order valence-corrected chi connectivity index (χ2v) is 17.5. The van der Waals surface area contributed by atoms with Gasteiger partial charge in [-0.2, -0.15) is 0 Å². The molecule has 1 heterocycles. The average molecular weight is 802 g/mol. The van der Waals surface area contributed by atoms with E-state index in [1.54, 1.807) is 0 Å². The van der Waals surface area contributed by atoms with Crippen LogP contribution in [0, 0.1) is 0 Å². The van der Waals surface area contributed by atoms with Crippen molar-refractivity contribution in [2.24, 2.45) is 0 Å². The lowest BCUT2D eigenvalue weighted by atomic mass is 9.80. The van der Waals surface area contributed by atoms with Crippen molar-refractivity contribution in [2.45, 2.75) is 19.3 Å². The molecule has 0 saturated carbocycles. The van der Waals surface area contributed by atoms with E-state index in [4.69, 9.17) is 15.0 Å². The van der Waals surface area contributed by atoms with Crippen LogP contribution in [-0.2, 0) is 5.41 Å². The summed E-state index contributed by atoms with van der Waals surface area (Å²) in [5.74, 6) is 1.97. The molecule has 0 amide bonds. The molecule has 0 atom stereocenters. The fraction of sp³-hybridized carbons (Fsp3) is 0.0500. The van der Waals surface area contributed by atoms with Crippen molar-refractivity contribution in [1.29, 1.82) is 0 Å². The molecule has 0 radical (unpaired) electrons. The Balaban J connectivity index is 0.948. The van der Waals surface area contributed by atoms with Crippen LogP contribution in [0.1, 0.15) is 25.0 Å². The molecule has 3 nitrogen and oxygen atoms in total. The highest BCUT2D eigenvalue weighted by Crippen LogP contribution is 2.53.